The maximum atomic E-state index is 4.74. The molecule has 5 rings (SSSR count). The summed E-state index contributed by atoms with van der Waals surface area (Å²) in [7, 11) is 0. The van der Waals surface area contributed by atoms with E-state index in [2.05, 4.69) is 58.3 Å². The number of hydrogen-bond donors (Lipinski definition) is 0. The standard InChI is InChI=1S/C21H23N3S/c1-2-6-17-15-18(10-9-16(17)5-1)23-11-13-24(14-12-23)21-19-7-3-4-8-20(19)25-22-21/h1-8,18H,9-15H2/t18-/m1/s1. The second-order valence-electron chi connectivity index (χ2n) is 7.19. The van der Waals surface area contributed by atoms with Crippen molar-refractivity contribution in [1.29, 1.82) is 0 Å². The molecule has 128 valence electrons. The summed E-state index contributed by atoms with van der Waals surface area (Å²) in [6, 6.07) is 18.3. The first kappa shape index (κ1) is 15.4. The zero-order valence-corrected chi connectivity index (χ0v) is 15.2. The van der Waals surface area contributed by atoms with E-state index in [1.165, 1.54) is 35.2 Å². The summed E-state index contributed by atoms with van der Waals surface area (Å²) in [5, 5.41) is 1.31. The van der Waals surface area contributed by atoms with E-state index in [9.17, 15) is 0 Å². The first-order valence-electron chi connectivity index (χ1n) is 9.29. The van der Waals surface area contributed by atoms with Crippen molar-refractivity contribution in [1.82, 2.24) is 9.27 Å². The maximum Gasteiger partial charge on any atom is 0.150 e. The summed E-state index contributed by atoms with van der Waals surface area (Å²) in [4.78, 5) is 5.19. The average molecular weight is 350 g/mol. The van der Waals surface area contributed by atoms with Crippen LogP contribution in [0.25, 0.3) is 10.1 Å². The number of fused-ring (bicyclic) bond motifs is 2. The minimum atomic E-state index is 0.712. The smallest absolute Gasteiger partial charge is 0.150 e. The minimum Gasteiger partial charge on any atom is -0.353 e. The van der Waals surface area contributed by atoms with Gasteiger partial charge in [0.15, 0.2) is 0 Å². The number of nitrogens with zero attached hydrogens (tertiary/aromatic N) is 3. The lowest BCUT2D eigenvalue weighted by atomic mass is 9.87. The fourth-order valence-electron chi connectivity index (χ4n) is 4.39. The number of piperazine rings is 1. The van der Waals surface area contributed by atoms with Gasteiger partial charge in [0, 0.05) is 37.6 Å². The highest BCUT2D eigenvalue weighted by Gasteiger charge is 2.28. The fraction of sp³-hybridized carbons (Fsp3) is 0.381. The Morgan fingerprint density at radius 2 is 1.64 bits per heavy atom. The molecule has 1 saturated heterocycles. The van der Waals surface area contributed by atoms with Crippen LogP contribution in [0.3, 0.4) is 0 Å². The zero-order chi connectivity index (χ0) is 16.6. The lowest BCUT2D eigenvalue weighted by molar-refractivity contribution is 0.170. The maximum absolute atomic E-state index is 4.74. The third-order valence-electron chi connectivity index (χ3n) is 5.81. The van der Waals surface area contributed by atoms with Gasteiger partial charge >= 0.3 is 0 Å². The predicted octanol–water partition coefficient (Wildman–Crippen LogP) is 3.98. The molecule has 3 nitrogen and oxygen atoms in total. The molecule has 0 spiro atoms. The zero-order valence-electron chi connectivity index (χ0n) is 14.4. The van der Waals surface area contributed by atoms with E-state index in [-0.39, 0.29) is 0 Å². The molecule has 2 heterocycles. The highest BCUT2D eigenvalue weighted by Crippen LogP contribution is 2.31. The Hall–Kier alpha value is -1.91. The molecule has 2 aliphatic rings. The summed E-state index contributed by atoms with van der Waals surface area (Å²) >= 11 is 1.62. The van der Waals surface area contributed by atoms with Crippen molar-refractivity contribution < 1.29 is 0 Å². The van der Waals surface area contributed by atoms with Crippen molar-refractivity contribution in [3.63, 3.8) is 0 Å². The second-order valence-corrected chi connectivity index (χ2v) is 8.00. The second kappa shape index (κ2) is 6.43. The molecule has 0 saturated carbocycles. The highest BCUT2D eigenvalue weighted by atomic mass is 32.1. The molecule has 25 heavy (non-hydrogen) atoms. The molecule has 1 aliphatic heterocycles. The van der Waals surface area contributed by atoms with Gasteiger partial charge in [0.05, 0.1) is 4.70 Å². The van der Waals surface area contributed by atoms with Crippen LogP contribution >= 0.6 is 11.5 Å². The van der Waals surface area contributed by atoms with Crippen molar-refractivity contribution in [3.05, 3.63) is 59.7 Å². The van der Waals surface area contributed by atoms with E-state index in [1.54, 1.807) is 22.7 Å². The molecule has 1 atom stereocenters. The van der Waals surface area contributed by atoms with Crippen LogP contribution in [0.15, 0.2) is 48.5 Å². The van der Waals surface area contributed by atoms with Crippen molar-refractivity contribution in [2.24, 2.45) is 0 Å². The summed E-state index contributed by atoms with van der Waals surface area (Å²) in [6.45, 7) is 4.48. The van der Waals surface area contributed by atoms with Crippen molar-refractivity contribution in [3.8, 4) is 0 Å². The number of aromatic nitrogens is 1. The van der Waals surface area contributed by atoms with Gasteiger partial charge in [-0.3, -0.25) is 4.90 Å². The van der Waals surface area contributed by atoms with Gasteiger partial charge < -0.3 is 4.90 Å². The summed E-state index contributed by atoms with van der Waals surface area (Å²) < 4.78 is 6.03. The normalized spacial score (nSPS) is 21.4. The Labute approximate surface area is 153 Å². The van der Waals surface area contributed by atoms with Gasteiger partial charge in [0.2, 0.25) is 0 Å². The Bertz CT molecular complexity index is 879. The lowest BCUT2D eigenvalue weighted by Crippen LogP contribution is -2.51. The van der Waals surface area contributed by atoms with Gasteiger partial charge in [0.1, 0.15) is 5.82 Å². The van der Waals surface area contributed by atoms with Crippen LogP contribution < -0.4 is 4.90 Å². The van der Waals surface area contributed by atoms with Gasteiger partial charge in [-0.05, 0) is 54.1 Å². The predicted molar refractivity (Wildman–Crippen MR) is 106 cm³/mol. The van der Waals surface area contributed by atoms with Crippen molar-refractivity contribution in [2.75, 3.05) is 31.1 Å². The monoisotopic (exact) mass is 349 g/mol. The molecule has 0 amide bonds. The molecular weight excluding hydrogens is 326 g/mol. The molecule has 0 bridgehead atoms. The van der Waals surface area contributed by atoms with E-state index in [4.69, 9.17) is 4.37 Å². The first-order chi connectivity index (χ1) is 12.4. The number of rotatable bonds is 2. The van der Waals surface area contributed by atoms with Gasteiger partial charge in [-0.2, -0.15) is 4.37 Å². The molecule has 1 fully saturated rings. The van der Waals surface area contributed by atoms with Crippen molar-refractivity contribution >= 4 is 27.4 Å². The largest absolute Gasteiger partial charge is 0.353 e. The van der Waals surface area contributed by atoms with E-state index in [0.29, 0.717) is 6.04 Å². The molecule has 2 aromatic carbocycles. The van der Waals surface area contributed by atoms with E-state index < -0.39 is 0 Å². The number of benzene rings is 2. The molecule has 4 heteroatoms. The van der Waals surface area contributed by atoms with Crippen LogP contribution in [0.4, 0.5) is 5.82 Å². The lowest BCUT2D eigenvalue weighted by Gasteiger charge is -2.41. The number of anilines is 1. The third kappa shape index (κ3) is 2.83. The summed E-state index contributed by atoms with van der Waals surface area (Å²) in [6.07, 6.45) is 3.75. The molecule has 0 radical (unpaired) electrons. The fourth-order valence-corrected chi connectivity index (χ4v) is 5.19. The number of aryl methyl sites for hydroxylation is 1. The van der Waals surface area contributed by atoms with Crippen molar-refractivity contribution in [2.45, 2.75) is 25.3 Å². The Morgan fingerprint density at radius 1 is 0.880 bits per heavy atom. The van der Waals surface area contributed by atoms with Gasteiger partial charge in [-0.1, -0.05) is 36.4 Å². The van der Waals surface area contributed by atoms with Crippen LogP contribution in [0.2, 0.25) is 0 Å². The average Bonchev–Trinajstić information content (AvgIpc) is 3.12. The van der Waals surface area contributed by atoms with Crippen LogP contribution in [0.5, 0.6) is 0 Å². The van der Waals surface area contributed by atoms with Gasteiger partial charge in [-0.25, -0.2) is 0 Å². The molecular formula is C21H23N3S. The SMILES string of the molecule is c1ccc2c(c1)CC[C@@H](N1CCN(c3nsc4ccccc34)CC1)C2. The van der Waals surface area contributed by atoms with Crippen LogP contribution in [0, 0.1) is 0 Å². The molecule has 1 aliphatic carbocycles. The molecule has 0 N–H and O–H groups in total. The third-order valence-corrected chi connectivity index (χ3v) is 6.63. The van der Waals surface area contributed by atoms with E-state index >= 15 is 0 Å². The molecule has 3 aromatic rings. The topological polar surface area (TPSA) is 19.4 Å². The van der Waals surface area contributed by atoms with Crippen LogP contribution in [-0.4, -0.2) is 41.5 Å². The Morgan fingerprint density at radius 3 is 2.52 bits per heavy atom. The number of hydrogen-bond acceptors (Lipinski definition) is 4. The Balaban J connectivity index is 1.27. The molecule has 0 unspecified atom stereocenters. The van der Waals surface area contributed by atoms with Crippen LogP contribution in [-0.2, 0) is 12.8 Å². The molecule has 1 aromatic heterocycles. The quantitative estimate of drug-likeness (QED) is 0.698. The van der Waals surface area contributed by atoms with E-state index in [0.717, 1.165) is 26.2 Å². The van der Waals surface area contributed by atoms with Gasteiger partial charge in [-0.15, -0.1) is 0 Å². The Kier molecular flexibility index (Phi) is 3.95. The van der Waals surface area contributed by atoms with Gasteiger partial charge in [0.25, 0.3) is 0 Å². The summed E-state index contributed by atoms with van der Waals surface area (Å²) in [5.74, 6) is 1.19. The van der Waals surface area contributed by atoms with E-state index in [1.807, 2.05) is 0 Å². The first-order valence-corrected chi connectivity index (χ1v) is 10.1. The summed E-state index contributed by atoms with van der Waals surface area (Å²) in [5.41, 5.74) is 3.12. The highest BCUT2D eigenvalue weighted by molar-refractivity contribution is 7.13. The van der Waals surface area contributed by atoms with Crippen LogP contribution in [0.1, 0.15) is 17.5 Å². The minimum absolute atomic E-state index is 0.712.